The Labute approximate surface area is 103 Å². The summed E-state index contributed by atoms with van der Waals surface area (Å²) in [4.78, 5) is 0.485. The van der Waals surface area contributed by atoms with Crippen molar-refractivity contribution in [3.05, 3.63) is 53.7 Å². The molecule has 17 heavy (non-hydrogen) atoms. The first kappa shape index (κ1) is 12.2. The predicted octanol–water partition coefficient (Wildman–Crippen LogP) is 3.76. The second-order valence-corrected chi connectivity index (χ2v) is 4.69. The van der Waals surface area contributed by atoms with Gasteiger partial charge in [-0.25, -0.2) is 4.39 Å². The average molecular weight is 252 g/mol. The Hall–Kier alpha value is -1.26. The zero-order valence-corrected chi connectivity index (χ0v) is 10.2. The van der Waals surface area contributed by atoms with E-state index in [4.69, 9.17) is 4.42 Å². The molecular weight excluding hydrogens is 239 g/mol. The molecule has 2 nitrogen and oxygen atoms in total. The maximum atomic E-state index is 13.7. The van der Waals surface area contributed by atoms with Gasteiger partial charge in [-0.05, 0) is 30.7 Å². The maximum Gasteiger partial charge on any atom is 0.137 e. The Morgan fingerprint density at radius 3 is 2.82 bits per heavy atom. The lowest BCUT2D eigenvalue weighted by Crippen LogP contribution is -1.96. The number of halogens is 1. The Kier molecular flexibility index (Phi) is 3.86. The van der Waals surface area contributed by atoms with Crippen molar-refractivity contribution < 1.29 is 13.9 Å². The van der Waals surface area contributed by atoms with Crippen LogP contribution in [0.5, 0.6) is 0 Å². The number of furan rings is 1. The molecule has 2 rings (SSSR count). The molecule has 2 aromatic rings. The van der Waals surface area contributed by atoms with Crippen molar-refractivity contribution in [1.29, 1.82) is 0 Å². The largest absolute Gasteiger partial charge is 0.468 e. The van der Waals surface area contributed by atoms with Crippen molar-refractivity contribution in [1.82, 2.24) is 0 Å². The molecule has 0 aliphatic heterocycles. The molecule has 0 bridgehead atoms. The van der Waals surface area contributed by atoms with E-state index in [0.29, 0.717) is 16.2 Å². The van der Waals surface area contributed by atoms with Gasteiger partial charge in [0.2, 0.25) is 0 Å². The molecule has 0 radical (unpaired) electrons. The Bertz CT molecular complexity index is 480. The van der Waals surface area contributed by atoms with Gasteiger partial charge in [0.25, 0.3) is 0 Å². The van der Waals surface area contributed by atoms with E-state index in [9.17, 15) is 9.50 Å². The van der Waals surface area contributed by atoms with Crippen LogP contribution < -0.4 is 0 Å². The van der Waals surface area contributed by atoms with E-state index in [0.717, 1.165) is 5.76 Å². The Balaban J connectivity index is 2.19. The topological polar surface area (TPSA) is 33.4 Å². The monoisotopic (exact) mass is 252 g/mol. The third kappa shape index (κ3) is 2.90. The fraction of sp³-hybridized carbons (Fsp3) is 0.231. The first-order valence-electron chi connectivity index (χ1n) is 5.30. The molecule has 1 N–H and O–H groups in total. The van der Waals surface area contributed by atoms with Crippen molar-refractivity contribution in [3.8, 4) is 0 Å². The molecule has 1 heterocycles. The van der Waals surface area contributed by atoms with Crippen LogP contribution in [-0.4, -0.2) is 5.11 Å². The molecule has 0 aliphatic carbocycles. The summed E-state index contributed by atoms with van der Waals surface area (Å²) < 4.78 is 18.9. The van der Waals surface area contributed by atoms with E-state index in [1.54, 1.807) is 31.4 Å². The van der Waals surface area contributed by atoms with Crippen LogP contribution in [0.4, 0.5) is 4.39 Å². The Morgan fingerprint density at radius 2 is 2.18 bits per heavy atom. The van der Waals surface area contributed by atoms with Crippen LogP contribution in [0.3, 0.4) is 0 Å². The smallest absolute Gasteiger partial charge is 0.137 e. The minimum Gasteiger partial charge on any atom is -0.468 e. The molecular formula is C13H13FO2S. The van der Waals surface area contributed by atoms with E-state index >= 15 is 0 Å². The Morgan fingerprint density at radius 1 is 1.35 bits per heavy atom. The molecule has 90 valence electrons. The lowest BCUT2D eigenvalue weighted by Gasteiger charge is -2.11. The molecule has 0 saturated heterocycles. The summed E-state index contributed by atoms with van der Waals surface area (Å²) in [5.41, 5.74) is 0.613. The SMILES string of the molecule is C[C@@H](O)c1cccc(F)c1SCc1ccco1. The van der Waals surface area contributed by atoms with Crippen LogP contribution in [0.25, 0.3) is 0 Å². The van der Waals surface area contributed by atoms with Crippen LogP contribution in [-0.2, 0) is 5.75 Å². The van der Waals surface area contributed by atoms with Crippen molar-refractivity contribution in [2.75, 3.05) is 0 Å². The third-order valence-corrected chi connectivity index (χ3v) is 3.53. The van der Waals surface area contributed by atoms with E-state index in [-0.39, 0.29) is 5.82 Å². The first-order valence-corrected chi connectivity index (χ1v) is 6.28. The predicted molar refractivity (Wildman–Crippen MR) is 65.3 cm³/mol. The maximum absolute atomic E-state index is 13.7. The summed E-state index contributed by atoms with van der Waals surface area (Å²) in [5, 5.41) is 9.58. The first-order chi connectivity index (χ1) is 8.18. The molecule has 1 atom stereocenters. The lowest BCUT2D eigenvalue weighted by molar-refractivity contribution is 0.195. The highest BCUT2D eigenvalue weighted by Crippen LogP contribution is 2.32. The molecule has 1 aromatic carbocycles. The lowest BCUT2D eigenvalue weighted by atomic mass is 10.1. The summed E-state index contributed by atoms with van der Waals surface area (Å²) in [6.45, 7) is 1.63. The van der Waals surface area contributed by atoms with Crippen molar-refractivity contribution in [3.63, 3.8) is 0 Å². The van der Waals surface area contributed by atoms with Crippen LogP contribution in [0, 0.1) is 5.82 Å². The van der Waals surface area contributed by atoms with Crippen molar-refractivity contribution >= 4 is 11.8 Å². The van der Waals surface area contributed by atoms with Gasteiger partial charge < -0.3 is 9.52 Å². The molecule has 0 saturated carbocycles. The van der Waals surface area contributed by atoms with Gasteiger partial charge >= 0.3 is 0 Å². The van der Waals surface area contributed by atoms with Gasteiger partial charge in [-0.2, -0.15) is 0 Å². The van der Waals surface area contributed by atoms with E-state index < -0.39 is 6.10 Å². The van der Waals surface area contributed by atoms with Gasteiger partial charge in [0.15, 0.2) is 0 Å². The molecule has 4 heteroatoms. The van der Waals surface area contributed by atoms with Gasteiger partial charge in [0, 0.05) is 4.90 Å². The number of thioether (sulfide) groups is 1. The quantitative estimate of drug-likeness (QED) is 0.841. The molecule has 0 fully saturated rings. The highest BCUT2D eigenvalue weighted by atomic mass is 32.2. The van der Waals surface area contributed by atoms with E-state index in [1.807, 2.05) is 6.07 Å². The number of aliphatic hydroxyl groups is 1. The molecule has 0 amide bonds. The summed E-state index contributed by atoms with van der Waals surface area (Å²) in [7, 11) is 0. The van der Waals surface area contributed by atoms with Gasteiger partial charge in [-0.1, -0.05) is 12.1 Å². The van der Waals surface area contributed by atoms with E-state index in [1.165, 1.54) is 17.8 Å². The van der Waals surface area contributed by atoms with Gasteiger partial charge in [-0.3, -0.25) is 0 Å². The highest BCUT2D eigenvalue weighted by molar-refractivity contribution is 7.98. The van der Waals surface area contributed by atoms with Gasteiger partial charge in [0.1, 0.15) is 11.6 Å². The molecule has 1 aromatic heterocycles. The third-order valence-electron chi connectivity index (χ3n) is 2.39. The minimum atomic E-state index is -0.676. The molecule has 0 aliphatic rings. The fourth-order valence-corrected chi connectivity index (χ4v) is 2.61. The standard InChI is InChI=1S/C13H13FO2S/c1-9(15)11-5-2-6-12(14)13(11)17-8-10-4-3-7-16-10/h2-7,9,15H,8H2,1H3/t9-/m1/s1. The molecule has 0 unspecified atom stereocenters. The number of hydrogen-bond donors (Lipinski definition) is 1. The number of rotatable bonds is 4. The highest BCUT2D eigenvalue weighted by Gasteiger charge is 2.13. The fourth-order valence-electron chi connectivity index (χ4n) is 1.54. The van der Waals surface area contributed by atoms with Gasteiger partial charge in [0.05, 0.1) is 18.1 Å². The van der Waals surface area contributed by atoms with Crippen LogP contribution >= 0.6 is 11.8 Å². The van der Waals surface area contributed by atoms with Crippen LogP contribution in [0.2, 0.25) is 0 Å². The van der Waals surface area contributed by atoms with Crippen LogP contribution in [0.1, 0.15) is 24.4 Å². The second-order valence-electron chi connectivity index (χ2n) is 3.70. The van der Waals surface area contributed by atoms with Crippen molar-refractivity contribution in [2.24, 2.45) is 0 Å². The normalized spacial score (nSPS) is 12.6. The zero-order valence-electron chi connectivity index (χ0n) is 9.39. The number of benzene rings is 1. The van der Waals surface area contributed by atoms with Gasteiger partial charge in [-0.15, -0.1) is 11.8 Å². The zero-order chi connectivity index (χ0) is 12.3. The second kappa shape index (κ2) is 5.38. The number of aliphatic hydroxyl groups excluding tert-OH is 1. The minimum absolute atomic E-state index is 0.306. The number of hydrogen-bond acceptors (Lipinski definition) is 3. The summed E-state index contributed by atoms with van der Waals surface area (Å²) >= 11 is 1.33. The summed E-state index contributed by atoms with van der Waals surface area (Å²) in [5.74, 6) is 1.03. The van der Waals surface area contributed by atoms with Crippen LogP contribution in [0.15, 0.2) is 45.9 Å². The van der Waals surface area contributed by atoms with E-state index in [2.05, 4.69) is 0 Å². The molecule has 0 spiro atoms. The summed E-state index contributed by atoms with van der Waals surface area (Å²) in [6.07, 6.45) is 0.914. The summed E-state index contributed by atoms with van der Waals surface area (Å²) in [6, 6.07) is 8.38. The van der Waals surface area contributed by atoms with Crippen molar-refractivity contribution in [2.45, 2.75) is 23.7 Å². The average Bonchev–Trinajstić information content (AvgIpc) is 2.80.